The van der Waals surface area contributed by atoms with Crippen LogP contribution in [0.3, 0.4) is 0 Å². The fourth-order valence-corrected chi connectivity index (χ4v) is 3.82. The van der Waals surface area contributed by atoms with E-state index in [1.54, 1.807) is 34.6 Å². The first kappa shape index (κ1) is 16.5. The zero-order valence-electron chi connectivity index (χ0n) is 14.0. The second-order valence-corrected chi connectivity index (χ2v) is 7.06. The number of benzene rings is 1. The molecule has 26 heavy (non-hydrogen) atoms. The molecule has 1 aliphatic rings. The van der Waals surface area contributed by atoms with E-state index >= 15 is 0 Å². The molecule has 130 valence electrons. The Morgan fingerprint density at radius 3 is 2.73 bits per heavy atom. The number of carbonyl (C=O) groups is 2. The number of thiophene rings is 1. The number of fused-ring (bicyclic) bond motifs is 1. The number of aromatic nitrogens is 1. The molecule has 3 aromatic rings. The monoisotopic (exact) mass is 363 g/mol. The second-order valence-electron chi connectivity index (χ2n) is 6.02. The third-order valence-corrected chi connectivity index (χ3v) is 5.24. The van der Waals surface area contributed by atoms with Crippen LogP contribution in [0.1, 0.15) is 33.4 Å². The van der Waals surface area contributed by atoms with Gasteiger partial charge in [-0.2, -0.15) is 0 Å². The molecule has 1 aliphatic heterocycles. The summed E-state index contributed by atoms with van der Waals surface area (Å²) in [5.74, 6) is -0.217. The van der Waals surface area contributed by atoms with E-state index in [-0.39, 0.29) is 18.2 Å². The van der Waals surface area contributed by atoms with Crippen LogP contribution in [0.4, 0.5) is 5.69 Å². The number of nitrogens with zero attached hydrogens (tertiary/aromatic N) is 2. The van der Waals surface area contributed by atoms with Crippen molar-refractivity contribution in [1.29, 1.82) is 0 Å². The fourth-order valence-electron chi connectivity index (χ4n) is 3.18. The number of pyridine rings is 1. The molecule has 1 N–H and O–H groups in total. The Balaban J connectivity index is 1.58. The van der Waals surface area contributed by atoms with E-state index in [0.717, 1.165) is 10.6 Å². The normalized spacial score (nSPS) is 15.8. The van der Waals surface area contributed by atoms with Gasteiger partial charge in [-0.25, -0.2) is 0 Å². The lowest BCUT2D eigenvalue weighted by atomic mass is 10.1. The molecule has 0 fully saturated rings. The predicted molar refractivity (Wildman–Crippen MR) is 101 cm³/mol. The molecule has 3 heterocycles. The highest BCUT2D eigenvalue weighted by Crippen LogP contribution is 2.38. The Labute approximate surface area is 155 Å². The number of amides is 2. The van der Waals surface area contributed by atoms with Crippen molar-refractivity contribution in [3.05, 3.63) is 82.3 Å². The van der Waals surface area contributed by atoms with Crippen LogP contribution in [0.5, 0.6) is 0 Å². The van der Waals surface area contributed by atoms with Gasteiger partial charge in [0.1, 0.15) is 0 Å². The summed E-state index contributed by atoms with van der Waals surface area (Å²) in [6.45, 7) is 0.498. The number of hydrogen-bond acceptors (Lipinski definition) is 4. The van der Waals surface area contributed by atoms with Crippen LogP contribution in [0, 0.1) is 0 Å². The van der Waals surface area contributed by atoms with E-state index in [0.29, 0.717) is 17.8 Å². The molecule has 2 amide bonds. The molecule has 1 atom stereocenters. The van der Waals surface area contributed by atoms with Crippen molar-refractivity contribution in [3.63, 3.8) is 0 Å². The molecule has 0 spiro atoms. The van der Waals surface area contributed by atoms with Gasteiger partial charge in [0.2, 0.25) is 5.91 Å². The maximum atomic E-state index is 12.9. The maximum Gasteiger partial charge on any atom is 0.260 e. The number of para-hydroxylation sites is 1. The molecule has 0 saturated carbocycles. The molecule has 0 bridgehead atoms. The van der Waals surface area contributed by atoms with Crippen LogP contribution in [0.2, 0.25) is 0 Å². The van der Waals surface area contributed by atoms with Gasteiger partial charge in [0.25, 0.3) is 5.91 Å². The lowest BCUT2D eigenvalue weighted by molar-refractivity contribution is -0.121. The van der Waals surface area contributed by atoms with Gasteiger partial charge in [0.05, 0.1) is 30.3 Å². The largest absolute Gasteiger partial charge is 0.351 e. The predicted octanol–water partition coefficient (Wildman–Crippen LogP) is 3.55. The second kappa shape index (κ2) is 7.09. The maximum absolute atomic E-state index is 12.9. The third-order valence-electron chi connectivity index (χ3n) is 4.37. The molecule has 4 rings (SSSR count). The van der Waals surface area contributed by atoms with Gasteiger partial charge in [-0.3, -0.25) is 19.5 Å². The number of hydrogen-bond donors (Lipinski definition) is 1. The van der Waals surface area contributed by atoms with Gasteiger partial charge in [0, 0.05) is 16.8 Å². The summed E-state index contributed by atoms with van der Waals surface area (Å²) < 4.78 is 0. The van der Waals surface area contributed by atoms with E-state index in [1.165, 1.54) is 0 Å². The molecule has 0 unspecified atom stereocenters. The minimum atomic E-state index is -0.399. The topological polar surface area (TPSA) is 62.3 Å². The fraction of sp³-hybridized carbons (Fsp3) is 0.150. The molecular formula is C20H17N3O2S. The first-order valence-corrected chi connectivity index (χ1v) is 9.24. The molecule has 5 nitrogen and oxygen atoms in total. The Bertz CT molecular complexity index is 925. The van der Waals surface area contributed by atoms with Crippen molar-refractivity contribution >= 4 is 28.8 Å². The minimum absolute atomic E-state index is 0.101. The van der Waals surface area contributed by atoms with E-state index in [2.05, 4.69) is 10.3 Å². The summed E-state index contributed by atoms with van der Waals surface area (Å²) in [5.41, 5.74) is 1.99. The van der Waals surface area contributed by atoms with E-state index in [4.69, 9.17) is 0 Å². The zero-order valence-corrected chi connectivity index (χ0v) is 14.8. The molecule has 1 aromatic carbocycles. The van der Waals surface area contributed by atoms with Crippen LogP contribution in [-0.4, -0.2) is 16.8 Å². The standard InChI is InChI=1S/C20H17N3O2S/c24-18(22-13-15-8-5-11-26-15)12-17-19-16(9-4-10-21-19)20(25)23(17)14-6-2-1-3-7-14/h1-11,17H,12-13H2,(H,22,24)/t17-/m0/s1. The Hall–Kier alpha value is -2.99. The van der Waals surface area contributed by atoms with Crippen LogP contribution >= 0.6 is 11.3 Å². The van der Waals surface area contributed by atoms with Crippen LogP contribution < -0.4 is 10.2 Å². The van der Waals surface area contributed by atoms with Gasteiger partial charge in [-0.15, -0.1) is 11.3 Å². The number of anilines is 1. The third kappa shape index (κ3) is 3.11. The summed E-state index contributed by atoms with van der Waals surface area (Å²) in [5, 5.41) is 4.92. The van der Waals surface area contributed by atoms with Crippen LogP contribution in [-0.2, 0) is 11.3 Å². The first-order chi connectivity index (χ1) is 12.7. The molecular weight excluding hydrogens is 346 g/mol. The van der Waals surface area contributed by atoms with Crippen molar-refractivity contribution in [2.45, 2.75) is 19.0 Å². The number of rotatable bonds is 5. The lowest BCUT2D eigenvalue weighted by Crippen LogP contribution is -2.32. The van der Waals surface area contributed by atoms with Gasteiger partial charge in [-0.05, 0) is 35.7 Å². The highest BCUT2D eigenvalue weighted by Gasteiger charge is 2.39. The van der Waals surface area contributed by atoms with Gasteiger partial charge >= 0.3 is 0 Å². The first-order valence-electron chi connectivity index (χ1n) is 8.36. The molecule has 6 heteroatoms. The summed E-state index contributed by atoms with van der Waals surface area (Å²) in [6, 6.07) is 16.5. The van der Waals surface area contributed by atoms with Crippen molar-refractivity contribution in [2.75, 3.05) is 4.90 Å². The zero-order chi connectivity index (χ0) is 17.9. The van der Waals surface area contributed by atoms with Crippen LogP contribution in [0.15, 0.2) is 66.2 Å². The van der Waals surface area contributed by atoms with Crippen molar-refractivity contribution < 1.29 is 9.59 Å². The van der Waals surface area contributed by atoms with Crippen molar-refractivity contribution in [2.24, 2.45) is 0 Å². The summed E-state index contributed by atoms with van der Waals surface area (Å²) in [7, 11) is 0. The van der Waals surface area contributed by atoms with Crippen molar-refractivity contribution in [3.8, 4) is 0 Å². The van der Waals surface area contributed by atoms with Crippen LogP contribution in [0.25, 0.3) is 0 Å². The lowest BCUT2D eigenvalue weighted by Gasteiger charge is -2.24. The van der Waals surface area contributed by atoms with E-state index in [1.807, 2.05) is 47.8 Å². The Morgan fingerprint density at radius 1 is 1.12 bits per heavy atom. The van der Waals surface area contributed by atoms with E-state index in [9.17, 15) is 9.59 Å². The van der Waals surface area contributed by atoms with Gasteiger partial charge in [-0.1, -0.05) is 24.3 Å². The SMILES string of the molecule is O=C(C[C@H]1c2ncccc2C(=O)N1c1ccccc1)NCc1cccs1. The number of nitrogens with one attached hydrogen (secondary N) is 1. The molecule has 2 aromatic heterocycles. The number of carbonyl (C=O) groups excluding carboxylic acids is 2. The minimum Gasteiger partial charge on any atom is -0.351 e. The molecule has 0 radical (unpaired) electrons. The Kier molecular flexibility index (Phi) is 4.50. The average molecular weight is 363 g/mol. The highest BCUT2D eigenvalue weighted by molar-refractivity contribution is 7.09. The summed E-state index contributed by atoms with van der Waals surface area (Å²) in [4.78, 5) is 32.6. The molecule has 0 aliphatic carbocycles. The van der Waals surface area contributed by atoms with Crippen molar-refractivity contribution in [1.82, 2.24) is 10.3 Å². The van der Waals surface area contributed by atoms with E-state index < -0.39 is 6.04 Å². The Morgan fingerprint density at radius 2 is 1.96 bits per heavy atom. The quantitative estimate of drug-likeness (QED) is 0.754. The summed E-state index contributed by atoms with van der Waals surface area (Å²) >= 11 is 1.60. The highest BCUT2D eigenvalue weighted by atomic mass is 32.1. The van der Waals surface area contributed by atoms with Gasteiger partial charge in [0.15, 0.2) is 0 Å². The summed E-state index contributed by atoms with van der Waals surface area (Å²) in [6.07, 6.45) is 1.84. The molecule has 0 saturated heterocycles. The van der Waals surface area contributed by atoms with Gasteiger partial charge < -0.3 is 5.32 Å². The average Bonchev–Trinajstić information content (AvgIpc) is 3.28. The smallest absolute Gasteiger partial charge is 0.260 e.